The first-order valence-electron chi connectivity index (χ1n) is 4.09. The molecular weight excluding hydrogens is 158 g/mol. The molecule has 0 radical (unpaired) electrons. The van der Waals surface area contributed by atoms with Gasteiger partial charge in [-0.3, -0.25) is 0 Å². The van der Waals surface area contributed by atoms with Crippen molar-refractivity contribution < 1.29 is 14.7 Å². The highest BCUT2D eigenvalue weighted by Crippen LogP contribution is 1.98. The Bertz CT molecular complexity index is 138. The van der Waals surface area contributed by atoms with E-state index in [1.54, 1.807) is 6.92 Å². The van der Waals surface area contributed by atoms with Crippen LogP contribution in [-0.4, -0.2) is 23.5 Å². The van der Waals surface area contributed by atoms with E-state index in [1.165, 1.54) is 0 Å². The lowest BCUT2D eigenvalue weighted by Gasteiger charge is -1.99. The van der Waals surface area contributed by atoms with Gasteiger partial charge in [0.2, 0.25) is 0 Å². The number of carbonyl (C=O) groups is 2. The molecule has 0 aliphatic heterocycles. The van der Waals surface area contributed by atoms with Gasteiger partial charge in [0.05, 0.1) is 0 Å². The molecule has 0 fully saturated rings. The summed E-state index contributed by atoms with van der Waals surface area (Å²) in [6.45, 7) is 2.04. The van der Waals surface area contributed by atoms with Crippen molar-refractivity contribution in [1.29, 1.82) is 0 Å². The van der Waals surface area contributed by atoms with Crippen LogP contribution in [0.3, 0.4) is 0 Å². The maximum atomic E-state index is 10.5. The van der Waals surface area contributed by atoms with Gasteiger partial charge >= 0.3 is 6.09 Å². The zero-order valence-corrected chi connectivity index (χ0v) is 7.30. The second-order valence-electron chi connectivity index (χ2n) is 2.74. The van der Waals surface area contributed by atoms with E-state index in [2.05, 4.69) is 5.32 Å². The lowest BCUT2D eigenvalue weighted by atomic mass is 10.1. The first-order chi connectivity index (χ1) is 5.63. The Morgan fingerprint density at radius 1 is 1.25 bits per heavy atom. The molecule has 0 rings (SSSR count). The Kier molecular flexibility index (Phi) is 6.05. The Hall–Kier alpha value is -1.06. The summed E-state index contributed by atoms with van der Waals surface area (Å²) in [7, 11) is 0. The van der Waals surface area contributed by atoms with Crippen molar-refractivity contribution in [2.24, 2.45) is 0 Å². The van der Waals surface area contributed by atoms with Gasteiger partial charge in [-0.2, -0.15) is 0 Å². The van der Waals surface area contributed by atoms with E-state index in [-0.39, 0.29) is 5.78 Å². The van der Waals surface area contributed by atoms with Crippen LogP contribution in [0.25, 0.3) is 0 Å². The molecule has 0 bridgehead atoms. The van der Waals surface area contributed by atoms with Gasteiger partial charge < -0.3 is 15.2 Å². The van der Waals surface area contributed by atoms with Gasteiger partial charge in [0.1, 0.15) is 5.78 Å². The summed E-state index contributed by atoms with van der Waals surface area (Å²) in [5.41, 5.74) is 0. The number of nitrogens with one attached hydrogen (secondary N) is 1. The van der Waals surface area contributed by atoms with Crippen LogP contribution in [0.2, 0.25) is 0 Å². The molecule has 0 saturated carbocycles. The van der Waals surface area contributed by atoms with Crippen molar-refractivity contribution in [3.63, 3.8) is 0 Å². The third-order valence-corrected chi connectivity index (χ3v) is 1.48. The number of hydrogen-bond donors (Lipinski definition) is 2. The van der Waals surface area contributed by atoms with Crippen LogP contribution in [-0.2, 0) is 4.79 Å². The van der Waals surface area contributed by atoms with E-state index >= 15 is 0 Å². The number of amides is 1. The first kappa shape index (κ1) is 10.9. The van der Waals surface area contributed by atoms with Gasteiger partial charge in [-0.1, -0.05) is 6.42 Å². The predicted octanol–water partition coefficient (Wildman–Crippen LogP) is 1.40. The van der Waals surface area contributed by atoms with E-state index in [0.717, 1.165) is 19.3 Å². The molecule has 0 spiro atoms. The number of carboxylic acid groups (broad SMARTS) is 1. The quantitative estimate of drug-likeness (QED) is 0.597. The molecule has 0 unspecified atom stereocenters. The minimum Gasteiger partial charge on any atom is -0.465 e. The van der Waals surface area contributed by atoms with Gasteiger partial charge in [-0.25, -0.2) is 4.79 Å². The monoisotopic (exact) mass is 173 g/mol. The fraction of sp³-hybridized carbons (Fsp3) is 0.750. The van der Waals surface area contributed by atoms with Gasteiger partial charge in [0, 0.05) is 13.0 Å². The zero-order chi connectivity index (χ0) is 9.40. The molecule has 0 aromatic heterocycles. The topological polar surface area (TPSA) is 66.4 Å². The largest absolute Gasteiger partial charge is 0.465 e. The fourth-order valence-electron chi connectivity index (χ4n) is 0.871. The molecule has 2 N–H and O–H groups in total. The Labute approximate surface area is 72.0 Å². The molecule has 0 atom stereocenters. The summed E-state index contributed by atoms with van der Waals surface area (Å²) < 4.78 is 0. The maximum Gasteiger partial charge on any atom is 0.404 e. The smallest absolute Gasteiger partial charge is 0.404 e. The fourth-order valence-corrected chi connectivity index (χ4v) is 0.871. The molecule has 4 heteroatoms. The highest BCUT2D eigenvalue weighted by atomic mass is 16.4. The Balaban J connectivity index is 3.01. The van der Waals surface area contributed by atoms with Gasteiger partial charge in [0.15, 0.2) is 0 Å². The van der Waals surface area contributed by atoms with Crippen molar-refractivity contribution in [1.82, 2.24) is 5.32 Å². The summed E-state index contributed by atoms with van der Waals surface area (Å²) in [6, 6.07) is 0. The number of hydrogen-bond acceptors (Lipinski definition) is 2. The third-order valence-electron chi connectivity index (χ3n) is 1.48. The molecule has 1 amide bonds. The van der Waals surface area contributed by atoms with Crippen LogP contribution < -0.4 is 5.32 Å². The van der Waals surface area contributed by atoms with E-state index in [0.29, 0.717) is 13.0 Å². The van der Waals surface area contributed by atoms with Crippen LogP contribution in [0.15, 0.2) is 0 Å². The van der Waals surface area contributed by atoms with Crippen LogP contribution >= 0.6 is 0 Å². The van der Waals surface area contributed by atoms with Crippen molar-refractivity contribution >= 4 is 11.9 Å². The highest BCUT2D eigenvalue weighted by Gasteiger charge is 1.95. The van der Waals surface area contributed by atoms with Crippen LogP contribution in [0.1, 0.15) is 32.6 Å². The normalized spacial score (nSPS) is 9.42. The van der Waals surface area contributed by atoms with Crippen LogP contribution in [0, 0.1) is 0 Å². The van der Waals surface area contributed by atoms with E-state index < -0.39 is 6.09 Å². The molecule has 0 aromatic rings. The second-order valence-corrected chi connectivity index (χ2v) is 2.74. The Morgan fingerprint density at radius 2 is 1.92 bits per heavy atom. The summed E-state index contributed by atoms with van der Waals surface area (Å²) >= 11 is 0. The van der Waals surface area contributed by atoms with Gasteiger partial charge in [-0.15, -0.1) is 0 Å². The molecular formula is C8H15NO3. The van der Waals surface area contributed by atoms with Crippen LogP contribution in [0.4, 0.5) is 4.79 Å². The summed E-state index contributed by atoms with van der Waals surface area (Å²) in [4.78, 5) is 20.4. The van der Waals surface area contributed by atoms with Crippen molar-refractivity contribution in [3.05, 3.63) is 0 Å². The lowest BCUT2D eigenvalue weighted by Crippen LogP contribution is -2.21. The van der Waals surface area contributed by atoms with Gasteiger partial charge in [0.25, 0.3) is 0 Å². The number of Topliss-reactive ketones (excluding diaryl/α,β-unsaturated/α-hetero) is 1. The molecule has 70 valence electrons. The first-order valence-corrected chi connectivity index (χ1v) is 4.09. The van der Waals surface area contributed by atoms with Crippen molar-refractivity contribution in [3.8, 4) is 0 Å². The number of ketones is 1. The highest BCUT2D eigenvalue weighted by molar-refractivity contribution is 5.75. The summed E-state index contributed by atoms with van der Waals surface area (Å²) in [6.07, 6.45) is 2.19. The maximum absolute atomic E-state index is 10.5. The number of carbonyl (C=O) groups excluding carboxylic acids is 1. The molecule has 4 nitrogen and oxygen atoms in total. The minimum absolute atomic E-state index is 0.196. The molecule has 0 heterocycles. The standard InChI is InChI=1S/C8H15NO3/c1-7(10)5-3-2-4-6-9-8(11)12/h9H,2-6H2,1H3,(H,11,12). The van der Waals surface area contributed by atoms with E-state index in [4.69, 9.17) is 5.11 Å². The molecule has 0 aromatic carbocycles. The summed E-state index contributed by atoms with van der Waals surface area (Å²) in [5.74, 6) is 0.196. The number of rotatable bonds is 6. The summed E-state index contributed by atoms with van der Waals surface area (Å²) in [5, 5.41) is 10.5. The van der Waals surface area contributed by atoms with E-state index in [1.807, 2.05) is 0 Å². The average Bonchev–Trinajstić information content (AvgIpc) is 1.95. The third kappa shape index (κ3) is 8.94. The SMILES string of the molecule is CC(=O)CCCCCNC(=O)O. The lowest BCUT2D eigenvalue weighted by molar-refractivity contribution is -0.117. The molecule has 0 saturated heterocycles. The van der Waals surface area contributed by atoms with Crippen LogP contribution in [0.5, 0.6) is 0 Å². The van der Waals surface area contributed by atoms with Crippen molar-refractivity contribution in [2.45, 2.75) is 32.6 Å². The average molecular weight is 173 g/mol. The number of unbranched alkanes of at least 4 members (excludes halogenated alkanes) is 2. The molecule has 0 aliphatic rings. The Morgan fingerprint density at radius 3 is 2.42 bits per heavy atom. The molecule has 0 aliphatic carbocycles. The zero-order valence-electron chi connectivity index (χ0n) is 7.30. The van der Waals surface area contributed by atoms with Gasteiger partial charge in [-0.05, 0) is 19.8 Å². The minimum atomic E-state index is -0.985. The van der Waals surface area contributed by atoms with E-state index in [9.17, 15) is 9.59 Å². The van der Waals surface area contributed by atoms with Crippen molar-refractivity contribution in [2.75, 3.05) is 6.54 Å². The molecule has 12 heavy (non-hydrogen) atoms. The predicted molar refractivity (Wildman–Crippen MR) is 45.2 cm³/mol. The second kappa shape index (κ2) is 6.64.